The highest BCUT2D eigenvalue weighted by Crippen LogP contribution is 2.09. The van der Waals surface area contributed by atoms with Gasteiger partial charge in [-0.15, -0.1) is 0 Å². The summed E-state index contributed by atoms with van der Waals surface area (Å²) in [5.41, 5.74) is 17.5. The van der Waals surface area contributed by atoms with Gasteiger partial charge in [0.1, 0.15) is 18.1 Å². The summed E-state index contributed by atoms with van der Waals surface area (Å²) in [6, 6.07) is 4.95. The summed E-state index contributed by atoms with van der Waals surface area (Å²) in [5, 5.41) is 17.4. The van der Waals surface area contributed by atoms with E-state index in [0.717, 1.165) is 5.56 Å². The number of nitrogens with zero attached hydrogens (tertiary/aromatic N) is 1. The summed E-state index contributed by atoms with van der Waals surface area (Å²) in [4.78, 5) is 54.8. The number of benzene rings is 1. The fourth-order valence-electron chi connectivity index (χ4n) is 3.76. The van der Waals surface area contributed by atoms with E-state index < -0.39 is 47.9 Å². The molecule has 4 atom stereocenters. The number of carboxylic acid groups (broad SMARTS) is 1. The van der Waals surface area contributed by atoms with Gasteiger partial charge in [0.15, 0.2) is 5.96 Å². The van der Waals surface area contributed by atoms with Crippen molar-refractivity contribution < 1.29 is 24.3 Å². The Morgan fingerprint density at radius 3 is 2.00 bits per heavy atom. The quantitative estimate of drug-likeness (QED) is 0.0859. The zero-order valence-corrected chi connectivity index (χ0v) is 22.6. The lowest BCUT2D eigenvalue weighted by molar-refractivity contribution is -0.143. The van der Waals surface area contributed by atoms with Crippen molar-refractivity contribution in [3.8, 4) is 0 Å². The van der Waals surface area contributed by atoms with Gasteiger partial charge in [0, 0.05) is 13.0 Å². The van der Waals surface area contributed by atoms with Gasteiger partial charge < -0.3 is 38.3 Å². The van der Waals surface area contributed by atoms with Crippen molar-refractivity contribution in [1.82, 2.24) is 16.0 Å². The number of guanidine groups is 1. The first kappa shape index (κ1) is 32.4. The Morgan fingerprint density at radius 2 is 1.47 bits per heavy atom. The topological polar surface area (TPSA) is 215 Å². The largest absolute Gasteiger partial charge is 0.480 e. The number of nitrogens with one attached hydrogen (secondary N) is 3. The zero-order valence-electron chi connectivity index (χ0n) is 22.6. The first-order valence-corrected chi connectivity index (χ1v) is 12.8. The van der Waals surface area contributed by atoms with Crippen molar-refractivity contribution in [3.63, 3.8) is 0 Å². The molecule has 0 radical (unpaired) electrons. The molecule has 1 aromatic rings. The molecule has 4 unspecified atom stereocenters. The molecule has 0 aliphatic heterocycles. The summed E-state index contributed by atoms with van der Waals surface area (Å²) >= 11 is 0. The molecule has 0 spiro atoms. The molecular weight excluding hydrogens is 490 g/mol. The van der Waals surface area contributed by atoms with Crippen molar-refractivity contribution in [2.75, 3.05) is 6.54 Å². The Hall–Kier alpha value is -3.67. The van der Waals surface area contributed by atoms with E-state index in [-0.39, 0.29) is 37.2 Å². The predicted octanol–water partition coefficient (Wildman–Crippen LogP) is -0.149. The number of carbonyl (C=O) groups excluding carboxylic acids is 3. The molecule has 12 nitrogen and oxygen atoms in total. The van der Waals surface area contributed by atoms with Crippen LogP contribution in [0.2, 0.25) is 0 Å². The van der Waals surface area contributed by atoms with Crippen molar-refractivity contribution in [2.45, 2.75) is 77.5 Å². The number of carboxylic acids is 1. The van der Waals surface area contributed by atoms with Crippen LogP contribution in [-0.4, -0.2) is 65.5 Å². The average Bonchev–Trinajstić information content (AvgIpc) is 2.83. The van der Waals surface area contributed by atoms with Crippen molar-refractivity contribution in [2.24, 2.45) is 34.0 Å². The van der Waals surface area contributed by atoms with Gasteiger partial charge in [0.25, 0.3) is 0 Å². The maximum absolute atomic E-state index is 13.4. The van der Waals surface area contributed by atoms with Crippen LogP contribution in [0.1, 0.15) is 52.5 Å². The lowest BCUT2D eigenvalue weighted by atomic mass is 10.0. The monoisotopic (exact) mass is 533 g/mol. The second-order valence-corrected chi connectivity index (χ2v) is 10.1. The van der Waals surface area contributed by atoms with E-state index in [9.17, 15) is 24.3 Å². The Labute approximate surface area is 224 Å². The molecule has 0 aromatic heterocycles. The Morgan fingerprint density at radius 1 is 0.895 bits per heavy atom. The van der Waals surface area contributed by atoms with Gasteiger partial charge in [-0.2, -0.15) is 0 Å². The number of aliphatic imine (C=N–C) groups is 1. The van der Waals surface area contributed by atoms with Gasteiger partial charge in [0.2, 0.25) is 17.7 Å². The minimum Gasteiger partial charge on any atom is -0.480 e. The van der Waals surface area contributed by atoms with Crippen molar-refractivity contribution >= 4 is 29.7 Å². The van der Waals surface area contributed by atoms with Crippen LogP contribution in [0, 0.1) is 11.8 Å². The van der Waals surface area contributed by atoms with Gasteiger partial charge in [0.05, 0.1) is 6.04 Å². The average molecular weight is 534 g/mol. The Balaban J connectivity index is 3.15. The van der Waals surface area contributed by atoms with Crippen LogP contribution < -0.4 is 33.2 Å². The third kappa shape index (κ3) is 12.0. The summed E-state index contributed by atoms with van der Waals surface area (Å²) in [7, 11) is 0. The molecular formula is C26H43N7O5. The lowest BCUT2D eigenvalue weighted by Gasteiger charge is -2.26. The van der Waals surface area contributed by atoms with Gasteiger partial charge in [-0.25, -0.2) is 4.79 Å². The van der Waals surface area contributed by atoms with Crippen LogP contribution in [-0.2, 0) is 25.6 Å². The van der Waals surface area contributed by atoms with Gasteiger partial charge in [-0.05, 0) is 36.7 Å². The minimum absolute atomic E-state index is 0.0910. The molecule has 38 heavy (non-hydrogen) atoms. The van der Waals surface area contributed by atoms with Crippen LogP contribution in [0.25, 0.3) is 0 Å². The molecule has 0 bridgehead atoms. The van der Waals surface area contributed by atoms with Gasteiger partial charge >= 0.3 is 5.97 Å². The molecule has 0 aliphatic carbocycles. The highest BCUT2D eigenvalue weighted by molar-refractivity contribution is 5.94. The van der Waals surface area contributed by atoms with Crippen LogP contribution in [0.15, 0.2) is 35.3 Å². The van der Waals surface area contributed by atoms with Gasteiger partial charge in [-0.3, -0.25) is 19.4 Å². The first-order valence-electron chi connectivity index (χ1n) is 12.8. The summed E-state index contributed by atoms with van der Waals surface area (Å²) in [5.74, 6) is -3.22. The summed E-state index contributed by atoms with van der Waals surface area (Å²) in [6.07, 6.45) is 1.11. The van der Waals surface area contributed by atoms with Crippen molar-refractivity contribution in [3.05, 3.63) is 35.9 Å². The van der Waals surface area contributed by atoms with Crippen LogP contribution in [0.4, 0.5) is 0 Å². The van der Waals surface area contributed by atoms with Crippen LogP contribution in [0.5, 0.6) is 0 Å². The number of hydrogen-bond acceptors (Lipinski definition) is 6. The number of amides is 3. The molecule has 0 heterocycles. The molecule has 0 saturated carbocycles. The molecule has 0 saturated heterocycles. The molecule has 10 N–H and O–H groups in total. The maximum Gasteiger partial charge on any atom is 0.326 e. The van der Waals surface area contributed by atoms with E-state index >= 15 is 0 Å². The van der Waals surface area contributed by atoms with Crippen molar-refractivity contribution in [1.29, 1.82) is 0 Å². The highest BCUT2D eigenvalue weighted by Gasteiger charge is 2.31. The van der Waals surface area contributed by atoms with Crippen LogP contribution >= 0.6 is 0 Å². The maximum atomic E-state index is 13.4. The van der Waals surface area contributed by atoms with E-state index in [4.69, 9.17) is 17.2 Å². The standard InChI is InChI=1S/C26H43N7O5/c1-15(2)13-18(27)22(34)31-19(11-8-12-30-26(28)29)23(35)32-20(14-17-9-6-5-7-10-17)24(36)33-21(16(3)4)25(37)38/h5-7,9-10,15-16,18-21H,8,11-14,27H2,1-4H3,(H,31,34)(H,32,35)(H,33,36)(H,37,38)(H4,28,29,30). The van der Waals surface area contributed by atoms with E-state index in [1.807, 2.05) is 19.9 Å². The molecule has 3 amide bonds. The molecule has 12 heteroatoms. The number of aliphatic carboxylic acids is 1. The normalized spacial score (nSPS) is 14.2. The molecule has 0 aliphatic rings. The molecule has 212 valence electrons. The summed E-state index contributed by atoms with van der Waals surface area (Å²) in [6.45, 7) is 7.45. The van der Waals surface area contributed by atoms with Crippen LogP contribution in [0.3, 0.4) is 0 Å². The second kappa shape index (κ2) is 16.2. The number of nitrogens with two attached hydrogens (primary N) is 3. The number of carbonyl (C=O) groups is 4. The third-order valence-corrected chi connectivity index (χ3v) is 5.79. The number of rotatable bonds is 16. The van der Waals surface area contributed by atoms with E-state index in [1.54, 1.807) is 38.1 Å². The molecule has 0 fully saturated rings. The lowest BCUT2D eigenvalue weighted by Crippen LogP contribution is -2.58. The fraction of sp³-hybridized carbons (Fsp3) is 0.577. The Kier molecular flexibility index (Phi) is 13.8. The molecule has 1 aromatic carbocycles. The molecule has 1 rings (SSSR count). The zero-order chi connectivity index (χ0) is 28.8. The first-order chi connectivity index (χ1) is 17.8. The van der Waals surface area contributed by atoms with E-state index in [0.29, 0.717) is 12.8 Å². The SMILES string of the molecule is CC(C)CC(N)C(=O)NC(CCCN=C(N)N)C(=O)NC(Cc1ccccc1)C(=O)NC(C(=O)O)C(C)C. The highest BCUT2D eigenvalue weighted by atomic mass is 16.4. The fourth-order valence-corrected chi connectivity index (χ4v) is 3.76. The van der Waals surface area contributed by atoms with E-state index in [2.05, 4.69) is 20.9 Å². The Bertz CT molecular complexity index is 949. The third-order valence-electron chi connectivity index (χ3n) is 5.79. The van der Waals surface area contributed by atoms with E-state index in [1.165, 1.54) is 0 Å². The number of hydrogen-bond donors (Lipinski definition) is 7. The summed E-state index contributed by atoms with van der Waals surface area (Å²) < 4.78 is 0. The smallest absolute Gasteiger partial charge is 0.326 e. The van der Waals surface area contributed by atoms with Gasteiger partial charge in [-0.1, -0.05) is 58.0 Å². The second-order valence-electron chi connectivity index (χ2n) is 10.1. The predicted molar refractivity (Wildman–Crippen MR) is 146 cm³/mol. The minimum atomic E-state index is -1.18.